The summed E-state index contributed by atoms with van der Waals surface area (Å²) in [5.74, 6) is -0.754. The molecule has 0 amide bonds. The van der Waals surface area contributed by atoms with Crippen LogP contribution in [0.2, 0.25) is 0 Å². The first-order chi connectivity index (χ1) is 14.6. The average molecular weight is 419 g/mol. The van der Waals surface area contributed by atoms with E-state index in [1.54, 1.807) is 24.3 Å². The number of carbonyl (C=O) groups excluding carboxylic acids is 2. The fourth-order valence-electron chi connectivity index (χ4n) is 3.43. The molecule has 1 unspecified atom stereocenters. The Bertz CT molecular complexity index is 596. The molecular weight excluding hydrogens is 376 g/mol. The Balaban J connectivity index is 2.31. The predicted molar refractivity (Wildman–Crippen MR) is 123 cm³/mol. The summed E-state index contributed by atoms with van der Waals surface area (Å²) in [5, 5.41) is 0. The van der Waals surface area contributed by atoms with E-state index >= 15 is 0 Å². The largest absolute Gasteiger partial charge is 0.462 e. The van der Waals surface area contributed by atoms with Crippen LogP contribution in [-0.2, 0) is 9.47 Å². The molecule has 0 aliphatic rings. The molecule has 0 aromatic heterocycles. The maximum atomic E-state index is 12.4. The molecule has 0 bridgehead atoms. The first-order valence-electron chi connectivity index (χ1n) is 12.1. The van der Waals surface area contributed by atoms with Gasteiger partial charge in [0, 0.05) is 0 Å². The molecule has 0 N–H and O–H groups in total. The third-order valence-electron chi connectivity index (χ3n) is 5.34. The van der Waals surface area contributed by atoms with Gasteiger partial charge >= 0.3 is 11.9 Å². The average Bonchev–Trinajstić information content (AvgIpc) is 2.75. The molecule has 0 aliphatic heterocycles. The highest BCUT2D eigenvalue weighted by atomic mass is 16.5. The second-order valence-electron chi connectivity index (χ2n) is 8.26. The lowest BCUT2D eigenvalue weighted by Gasteiger charge is -2.13. The molecule has 4 nitrogen and oxygen atoms in total. The first-order valence-corrected chi connectivity index (χ1v) is 12.1. The van der Waals surface area contributed by atoms with Crippen molar-refractivity contribution in [3.05, 3.63) is 35.4 Å². The van der Waals surface area contributed by atoms with Crippen LogP contribution >= 0.6 is 0 Å². The summed E-state index contributed by atoms with van der Waals surface area (Å²) in [5.41, 5.74) is 0.802. The molecule has 1 atom stereocenters. The number of esters is 2. The molecule has 0 spiro atoms. The van der Waals surface area contributed by atoms with E-state index < -0.39 is 0 Å². The number of hydrogen-bond acceptors (Lipinski definition) is 4. The zero-order chi connectivity index (χ0) is 22.0. The highest BCUT2D eigenvalue weighted by Crippen LogP contribution is 2.13. The third-order valence-corrected chi connectivity index (χ3v) is 5.34. The van der Waals surface area contributed by atoms with Crippen molar-refractivity contribution >= 4 is 11.9 Å². The lowest BCUT2D eigenvalue weighted by molar-refractivity contribution is 0.0319. The minimum atomic E-state index is -0.379. The Hall–Kier alpha value is -1.84. The normalized spacial score (nSPS) is 11.8. The van der Waals surface area contributed by atoms with Crippen molar-refractivity contribution in [2.45, 2.75) is 110 Å². The van der Waals surface area contributed by atoms with Gasteiger partial charge in [0.1, 0.15) is 0 Å². The maximum absolute atomic E-state index is 12.4. The van der Waals surface area contributed by atoms with Crippen molar-refractivity contribution in [3.63, 3.8) is 0 Å². The summed E-state index contributed by atoms with van der Waals surface area (Å²) in [6, 6.07) is 6.64. The summed E-state index contributed by atoms with van der Waals surface area (Å²) in [4.78, 5) is 24.6. The smallest absolute Gasteiger partial charge is 0.338 e. The van der Waals surface area contributed by atoms with Crippen LogP contribution in [0.3, 0.4) is 0 Å². The third kappa shape index (κ3) is 12.0. The monoisotopic (exact) mass is 418 g/mol. The van der Waals surface area contributed by atoms with Gasteiger partial charge in [-0.1, -0.05) is 84.1 Å². The van der Waals surface area contributed by atoms with Gasteiger partial charge in [-0.25, -0.2) is 9.59 Å². The van der Waals surface area contributed by atoms with Crippen molar-refractivity contribution < 1.29 is 19.1 Å². The van der Waals surface area contributed by atoms with E-state index in [0.29, 0.717) is 17.7 Å². The lowest BCUT2D eigenvalue weighted by atomic mass is 10.1. The molecule has 0 fully saturated rings. The van der Waals surface area contributed by atoms with Crippen molar-refractivity contribution in [1.29, 1.82) is 0 Å². The van der Waals surface area contributed by atoms with Crippen LogP contribution in [0, 0.1) is 0 Å². The molecule has 1 aromatic carbocycles. The van der Waals surface area contributed by atoms with E-state index in [0.717, 1.165) is 25.7 Å². The van der Waals surface area contributed by atoms with Crippen LogP contribution in [-0.4, -0.2) is 24.6 Å². The highest BCUT2D eigenvalue weighted by molar-refractivity contribution is 5.95. The number of ether oxygens (including phenoxy) is 2. The summed E-state index contributed by atoms with van der Waals surface area (Å²) in [6.45, 7) is 6.75. The van der Waals surface area contributed by atoms with Gasteiger partial charge in [-0.2, -0.15) is 0 Å². The molecule has 0 saturated carbocycles. The van der Waals surface area contributed by atoms with Gasteiger partial charge in [0.05, 0.1) is 23.8 Å². The zero-order valence-corrected chi connectivity index (χ0v) is 19.4. The van der Waals surface area contributed by atoms with Crippen molar-refractivity contribution in [1.82, 2.24) is 0 Å². The van der Waals surface area contributed by atoms with E-state index in [1.165, 1.54) is 57.8 Å². The summed E-state index contributed by atoms with van der Waals surface area (Å²) >= 11 is 0. The van der Waals surface area contributed by atoms with E-state index in [1.807, 2.05) is 6.92 Å². The highest BCUT2D eigenvalue weighted by Gasteiger charge is 2.15. The first kappa shape index (κ1) is 26.2. The van der Waals surface area contributed by atoms with Crippen LogP contribution in [0.15, 0.2) is 24.3 Å². The zero-order valence-electron chi connectivity index (χ0n) is 19.4. The Morgan fingerprint density at radius 3 is 1.93 bits per heavy atom. The summed E-state index contributed by atoms with van der Waals surface area (Å²) < 4.78 is 10.9. The molecular formula is C26H42O4. The molecule has 0 aliphatic carbocycles. The number of benzene rings is 1. The molecule has 30 heavy (non-hydrogen) atoms. The van der Waals surface area contributed by atoms with Gasteiger partial charge in [-0.15, -0.1) is 0 Å². The Morgan fingerprint density at radius 1 is 0.767 bits per heavy atom. The SMILES string of the molecule is CCCCCCCCCCOC(=O)c1cccc(C(=O)OC(C)CCCCCC)c1. The Labute approximate surface area is 183 Å². The topological polar surface area (TPSA) is 52.6 Å². The van der Waals surface area contributed by atoms with E-state index in [2.05, 4.69) is 13.8 Å². The number of rotatable bonds is 17. The van der Waals surface area contributed by atoms with Crippen LogP contribution in [0.5, 0.6) is 0 Å². The van der Waals surface area contributed by atoms with Gasteiger partial charge in [0.15, 0.2) is 0 Å². The van der Waals surface area contributed by atoms with Crippen molar-refractivity contribution in [3.8, 4) is 0 Å². The maximum Gasteiger partial charge on any atom is 0.338 e. The quantitative estimate of drug-likeness (QED) is 0.194. The van der Waals surface area contributed by atoms with Gasteiger partial charge in [-0.3, -0.25) is 0 Å². The Kier molecular flexibility index (Phi) is 14.8. The molecule has 0 saturated heterocycles. The summed E-state index contributed by atoms with van der Waals surface area (Å²) in [7, 11) is 0. The summed E-state index contributed by atoms with van der Waals surface area (Å²) in [6.07, 6.45) is 15.0. The van der Waals surface area contributed by atoms with Crippen molar-refractivity contribution in [2.75, 3.05) is 6.61 Å². The van der Waals surface area contributed by atoms with Gasteiger partial charge < -0.3 is 9.47 Å². The second kappa shape index (κ2) is 16.9. The van der Waals surface area contributed by atoms with E-state index in [9.17, 15) is 9.59 Å². The number of unbranched alkanes of at least 4 members (excludes halogenated alkanes) is 10. The van der Waals surface area contributed by atoms with Crippen LogP contribution in [0.4, 0.5) is 0 Å². The fourth-order valence-corrected chi connectivity index (χ4v) is 3.43. The van der Waals surface area contributed by atoms with Gasteiger partial charge in [0.25, 0.3) is 0 Å². The van der Waals surface area contributed by atoms with E-state index in [-0.39, 0.29) is 18.0 Å². The minimum Gasteiger partial charge on any atom is -0.462 e. The predicted octanol–water partition coefficient (Wildman–Crippen LogP) is 7.50. The number of carbonyl (C=O) groups is 2. The molecule has 4 heteroatoms. The van der Waals surface area contributed by atoms with Crippen LogP contribution in [0.1, 0.15) is 125 Å². The molecule has 0 heterocycles. The van der Waals surface area contributed by atoms with Crippen molar-refractivity contribution in [2.24, 2.45) is 0 Å². The fraction of sp³-hybridized carbons (Fsp3) is 0.692. The van der Waals surface area contributed by atoms with Crippen LogP contribution in [0.25, 0.3) is 0 Å². The molecule has 0 radical (unpaired) electrons. The van der Waals surface area contributed by atoms with E-state index in [4.69, 9.17) is 9.47 Å². The second-order valence-corrected chi connectivity index (χ2v) is 8.26. The standard InChI is InChI=1S/C26H42O4/c1-4-6-8-10-11-12-13-15-20-29-25(27)23-18-16-19-24(21-23)26(28)30-22(3)17-14-9-7-5-2/h16,18-19,21-22H,4-15,17,20H2,1-3H3. The van der Waals surface area contributed by atoms with Gasteiger partial charge in [-0.05, 0) is 44.4 Å². The molecule has 170 valence electrons. The Morgan fingerprint density at radius 2 is 1.30 bits per heavy atom. The van der Waals surface area contributed by atoms with Gasteiger partial charge in [0.2, 0.25) is 0 Å². The molecule has 1 rings (SSSR count). The van der Waals surface area contributed by atoms with Crippen LogP contribution < -0.4 is 0 Å². The number of hydrogen-bond donors (Lipinski definition) is 0. The minimum absolute atomic E-state index is 0.119. The molecule has 1 aromatic rings. The lowest BCUT2D eigenvalue weighted by Crippen LogP contribution is -2.16.